The summed E-state index contributed by atoms with van der Waals surface area (Å²) in [6.07, 6.45) is 1.47. The molecule has 0 unspecified atom stereocenters. The summed E-state index contributed by atoms with van der Waals surface area (Å²) in [6.45, 7) is 2.65. The Balaban J connectivity index is 2.30. The molecule has 1 N–H and O–H groups in total. The molecule has 2 aromatic rings. The van der Waals surface area contributed by atoms with Crippen LogP contribution in [-0.2, 0) is 0 Å². The highest BCUT2D eigenvalue weighted by molar-refractivity contribution is 8.01. The van der Waals surface area contributed by atoms with E-state index < -0.39 is 4.92 Å². The van der Waals surface area contributed by atoms with Gasteiger partial charge in [-0.25, -0.2) is 4.98 Å². The van der Waals surface area contributed by atoms with E-state index in [-0.39, 0.29) is 5.69 Å². The number of anilines is 1. The molecule has 0 aliphatic rings. The van der Waals surface area contributed by atoms with Crippen LogP contribution in [-0.4, -0.2) is 20.8 Å². The van der Waals surface area contributed by atoms with Gasteiger partial charge in [0.1, 0.15) is 6.33 Å². The van der Waals surface area contributed by atoms with Crippen LogP contribution in [0, 0.1) is 10.1 Å². The number of nitrogens with zero attached hydrogens (tertiary/aromatic N) is 3. The van der Waals surface area contributed by atoms with Crippen molar-refractivity contribution >= 4 is 34.7 Å². The Labute approximate surface area is 112 Å². The van der Waals surface area contributed by atoms with E-state index in [4.69, 9.17) is 0 Å². The number of hydrogen-bond acceptors (Lipinski definition) is 7. The van der Waals surface area contributed by atoms with Gasteiger partial charge in [-0.15, -0.1) is 0 Å². The topological polar surface area (TPSA) is 81.0 Å². The summed E-state index contributed by atoms with van der Waals surface area (Å²) in [7, 11) is 0. The summed E-state index contributed by atoms with van der Waals surface area (Å²) >= 11 is 2.63. The van der Waals surface area contributed by atoms with Crippen LogP contribution in [0.5, 0.6) is 0 Å². The van der Waals surface area contributed by atoms with E-state index >= 15 is 0 Å². The maximum Gasteiger partial charge on any atom is 0.272 e. The van der Waals surface area contributed by atoms with Crippen LogP contribution < -0.4 is 5.32 Å². The predicted octanol–water partition coefficient (Wildman–Crippen LogP) is 3.03. The Morgan fingerprint density at radius 1 is 1.50 bits per heavy atom. The standard InChI is InChI=1S/C10H10N4O2S2/c1-2-11-7-3-8(14(15)16)5-9(4-7)17-10-12-6-13-18-10/h3-6,11H,2H2,1H3. The zero-order valence-electron chi connectivity index (χ0n) is 9.49. The van der Waals surface area contributed by atoms with E-state index in [2.05, 4.69) is 14.7 Å². The monoisotopic (exact) mass is 282 g/mol. The minimum Gasteiger partial charge on any atom is -0.385 e. The predicted molar refractivity (Wildman–Crippen MR) is 71.3 cm³/mol. The van der Waals surface area contributed by atoms with Crippen LogP contribution in [0.15, 0.2) is 33.8 Å². The molecule has 0 saturated carbocycles. The third-order valence-corrected chi connectivity index (χ3v) is 3.72. The van der Waals surface area contributed by atoms with Gasteiger partial charge < -0.3 is 5.32 Å². The van der Waals surface area contributed by atoms with E-state index in [0.29, 0.717) is 6.54 Å². The van der Waals surface area contributed by atoms with Crippen LogP contribution >= 0.6 is 23.3 Å². The van der Waals surface area contributed by atoms with Crippen molar-refractivity contribution in [3.05, 3.63) is 34.6 Å². The molecule has 0 radical (unpaired) electrons. The molecular formula is C10H10N4O2S2. The molecule has 1 heterocycles. The fourth-order valence-corrected chi connectivity index (χ4v) is 2.88. The first-order chi connectivity index (χ1) is 8.69. The number of hydrogen-bond donors (Lipinski definition) is 1. The molecule has 8 heteroatoms. The van der Waals surface area contributed by atoms with E-state index in [1.54, 1.807) is 0 Å². The van der Waals surface area contributed by atoms with E-state index in [1.165, 1.54) is 41.8 Å². The fraction of sp³-hybridized carbons (Fsp3) is 0.200. The Hall–Kier alpha value is -1.67. The lowest BCUT2D eigenvalue weighted by molar-refractivity contribution is -0.385. The van der Waals surface area contributed by atoms with E-state index in [9.17, 15) is 10.1 Å². The van der Waals surface area contributed by atoms with Crippen molar-refractivity contribution in [1.82, 2.24) is 9.36 Å². The highest BCUT2D eigenvalue weighted by atomic mass is 32.2. The van der Waals surface area contributed by atoms with Crippen molar-refractivity contribution in [3.8, 4) is 0 Å². The van der Waals surface area contributed by atoms with Gasteiger partial charge in [-0.1, -0.05) is 11.8 Å². The van der Waals surface area contributed by atoms with Gasteiger partial charge in [0.15, 0.2) is 4.34 Å². The molecule has 0 aliphatic carbocycles. The van der Waals surface area contributed by atoms with Crippen molar-refractivity contribution in [3.63, 3.8) is 0 Å². The van der Waals surface area contributed by atoms with Gasteiger partial charge in [0.25, 0.3) is 5.69 Å². The number of aromatic nitrogens is 2. The minimum absolute atomic E-state index is 0.0699. The number of nitro groups is 1. The molecule has 0 amide bonds. The molecule has 18 heavy (non-hydrogen) atoms. The zero-order chi connectivity index (χ0) is 13.0. The zero-order valence-corrected chi connectivity index (χ0v) is 11.1. The van der Waals surface area contributed by atoms with Gasteiger partial charge in [0, 0.05) is 29.3 Å². The van der Waals surface area contributed by atoms with Crippen LogP contribution in [0.3, 0.4) is 0 Å². The quantitative estimate of drug-likeness (QED) is 0.670. The first kappa shape index (κ1) is 12.8. The molecule has 6 nitrogen and oxygen atoms in total. The van der Waals surface area contributed by atoms with Gasteiger partial charge in [-0.05, 0) is 24.5 Å². The van der Waals surface area contributed by atoms with Gasteiger partial charge in [0.2, 0.25) is 0 Å². The molecule has 0 bridgehead atoms. The van der Waals surface area contributed by atoms with Gasteiger partial charge >= 0.3 is 0 Å². The SMILES string of the molecule is CCNc1cc(Sc2ncns2)cc([N+](=O)[O-])c1. The van der Waals surface area contributed by atoms with Crippen molar-refractivity contribution in [2.75, 3.05) is 11.9 Å². The molecular weight excluding hydrogens is 272 g/mol. The van der Waals surface area contributed by atoms with Gasteiger partial charge in [-0.3, -0.25) is 10.1 Å². The second-order valence-corrected chi connectivity index (χ2v) is 5.41. The molecule has 0 fully saturated rings. The molecule has 94 valence electrons. The molecule has 0 saturated heterocycles. The first-order valence-electron chi connectivity index (χ1n) is 5.17. The molecule has 2 rings (SSSR count). The Morgan fingerprint density at radius 3 is 2.94 bits per heavy atom. The highest BCUT2D eigenvalue weighted by Gasteiger charge is 2.11. The molecule has 1 aromatic heterocycles. The van der Waals surface area contributed by atoms with Crippen molar-refractivity contribution < 1.29 is 4.92 Å². The van der Waals surface area contributed by atoms with Crippen molar-refractivity contribution in [2.24, 2.45) is 0 Å². The van der Waals surface area contributed by atoms with Crippen LogP contribution in [0.25, 0.3) is 0 Å². The lowest BCUT2D eigenvalue weighted by atomic mass is 10.3. The second-order valence-electron chi connectivity index (χ2n) is 3.31. The molecule has 0 aliphatic heterocycles. The number of benzene rings is 1. The summed E-state index contributed by atoms with van der Waals surface area (Å²) in [5.74, 6) is 0. The average molecular weight is 282 g/mol. The summed E-state index contributed by atoms with van der Waals surface area (Å²) in [5, 5.41) is 13.9. The van der Waals surface area contributed by atoms with Crippen LogP contribution in [0.1, 0.15) is 6.92 Å². The average Bonchev–Trinajstić information content (AvgIpc) is 2.82. The van der Waals surface area contributed by atoms with Gasteiger partial charge in [-0.2, -0.15) is 4.37 Å². The molecule has 1 aromatic carbocycles. The number of nitro benzene ring substituents is 1. The third-order valence-electron chi connectivity index (χ3n) is 2.03. The van der Waals surface area contributed by atoms with Crippen LogP contribution in [0.4, 0.5) is 11.4 Å². The Bertz CT molecular complexity index is 545. The van der Waals surface area contributed by atoms with E-state index in [0.717, 1.165) is 14.9 Å². The normalized spacial score (nSPS) is 10.3. The van der Waals surface area contributed by atoms with Gasteiger partial charge in [0.05, 0.1) is 4.92 Å². The molecule has 0 atom stereocenters. The fourth-order valence-electron chi connectivity index (χ4n) is 1.36. The maximum atomic E-state index is 10.9. The lowest BCUT2D eigenvalue weighted by Gasteiger charge is -2.05. The maximum absolute atomic E-state index is 10.9. The third kappa shape index (κ3) is 3.17. The molecule has 0 spiro atoms. The second kappa shape index (κ2) is 5.78. The summed E-state index contributed by atoms with van der Waals surface area (Å²) < 4.78 is 4.66. The van der Waals surface area contributed by atoms with Crippen molar-refractivity contribution in [1.29, 1.82) is 0 Å². The number of nitrogens with one attached hydrogen (secondary N) is 1. The van der Waals surface area contributed by atoms with Crippen molar-refractivity contribution in [2.45, 2.75) is 16.2 Å². The number of rotatable bonds is 5. The largest absolute Gasteiger partial charge is 0.385 e. The Morgan fingerprint density at radius 2 is 2.33 bits per heavy atom. The first-order valence-corrected chi connectivity index (χ1v) is 6.76. The summed E-state index contributed by atoms with van der Waals surface area (Å²) in [6, 6.07) is 4.92. The highest BCUT2D eigenvalue weighted by Crippen LogP contribution is 2.33. The van der Waals surface area contributed by atoms with E-state index in [1.807, 2.05) is 13.0 Å². The summed E-state index contributed by atoms with van der Waals surface area (Å²) in [5.41, 5.74) is 0.805. The summed E-state index contributed by atoms with van der Waals surface area (Å²) in [4.78, 5) is 15.3. The minimum atomic E-state index is -0.398. The lowest BCUT2D eigenvalue weighted by Crippen LogP contribution is -1.98. The van der Waals surface area contributed by atoms with Crippen LogP contribution in [0.2, 0.25) is 0 Å². The smallest absolute Gasteiger partial charge is 0.272 e. The number of non-ortho nitro benzene ring substituents is 1. The Kier molecular flexibility index (Phi) is 4.11.